The van der Waals surface area contributed by atoms with Crippen LogP contribution >= 0.6 is 0 Å². The maximum atomic E-state index is 2.46. The number of hydrogen-bond donors (Lipinski definition) is 0. The predicted octanol–water partition coefficient (Wildman–Crippen LogP) is 18.4. The van der Waals surface area contributed by atoms with E-state index < -0.39 is 0 Å². The fourth-order valence-corrected chi connectivity index (χ4v) is 11.4. The van der Waals surface area contributed by atoms with Crippen LogP contribution in [0.1, 0.15) is 25.0 Å². The van der Waals surface area contributed by atoms with Gasteiger partial charge in [0.1, 0.15) is 0 Å². The summed E-state index contributed by atoms with van der Waals surface area (Å²) in [6.07, 6.45) is 0. The molecule has 1 aliphatic carbocycles. The van der Waals surface area contributed by atoms with Crippen LogP contribution in [-0.4, -0.2) is 4.57 Å². The minimum Gasteiger partial charge on any atom is -0.310 e. The molecule has 0 radical (unpaired) electrons. The van der Waals surface area contributed by atoms with Gasteiger partial charge in [0.15, 0.2) is 0 Å². The van der Waals surface area contributed by atoms with Crippen molar-refractivity contribution in [2.45, 2.75) is 19.3 Å². The number of nitrogens with zero attached hydrogens (tertiary/aromatic N) is 2. The van der Waals surface area contributed by atoms with Gasteiger partial charge in [0.05, 0.1) is 16.7 Å². The molecule has 0 fully saturated rings. The molecule has 0 N–H and O–H groups in total. The topological polar surface area (TPSA) is 8.17 Å². The zero-order chi connectivity index (χ0) is 46.1. The van der Waals surface area contributed by atoms with Gasteiger partial charge in [-0.25, -0.2) is 0 Å². The Bertz CT molecular complexity index is 3910. The van der Waals surface area contributed by atoms with Gasteiger partial charge < -0.3 is 9.47 Å². The lowest BCUT2D eigenvalue weighted by molar-refractivity contribution is 0.660. The number of aromatic nitrogens is 1. The first-order chi connectivity index (χ1) is 34.0. The van der Waals surface area contributed by atoms with Crippen molar-refractivity contribution in [2.24, 2.45) is 0 Å². The van der Waals surface area contributed by atoms with Crippen LogP contribution in [-0.2, 0) is 5.41 Å². The quantitative estimate of drug-likeness (QED) is 0.148. The van der Waals surface area contributed by atoms with E-state index in [4.69, 9.17) is 0 Å². The zero-order valence-electron chi connectivity index (χ0n) is 38.6. The van der Waals surface area contributed by atoms with E-state index in [1.54, 1.807) is 0 Å². The van der Waals surface area contributed by atoms with Crippen molar-refractivity contribution in [3.8, 4) is 61.3 Å². The Morgan fingerprint density at radius 3 is 1.70 bits per heavy atom. The Kier molecular flexibility index (Phi) is 9.55. The largest absolute Gasteiger partial charge is 0.310 e. The number of rotatable bonds is 8. The van der Waals surface area contributed by atoms with Gasteiger partial charge in [0, 0.05) is 38.8 Å². The maximum Gasteiger partial charge on any atom is 0.0547 e. The molecule has 1 aromatic heterocycles. The Labute approximate surface area is 403 Å². The Morgan fingerprint density at radius 1 is 0.348 bits per heavy atom. The third-order valence-corrected chi connectivity index (χ3v) is 14.6. The average molecular weight is 881 g/mol. The summed E-state index contributed by atoms with van der Waals surface area (Å²) < 4.78 is 2.40. The summed E-state index contributed by atoms with van der Waals surface area (Å²) in [5.74, 6) is 0. The minimum absolute atomic E-state index is 0.115. The molecule has 0 spiro atoms. The smallest absolute Gasteiger partial charge is 0.0547 e. The summed E-state index contributed by atoms with van der Waals surface area (Å²) in [4.78, 5) is 2.46. The van der Waals surface area contributed by atoms with E-state index in [0.717, 1.165) is 33.9 Å². The summed E-state index contributed by atoms with van der Waals surface area (Å²) in [6.45, 7) is 4.73. The normalized spacial score (nSPS) is 12.6. The van der Waals surface area contributed by atoms with Crippen LogP contribution in [0.25, 0.3) is 93.9 Å². The highest BCUT2D eigenvalue weighted by molar-refractivity contribution is 6.11. The molecule has 0 amide bonds. The second-order valence-corrected chi connectivity index (χ2v) is 18.8. The monoisotopic (exact) mass is 880 g/mol. The van der Waals surface area contributed by atoms with Gasteiger partial charge in [-0.2, -0.15) is 0 Å². The van der Waals surface area contributed by atoms with Gasteiger partial charge in [0.25, 0.3) is 0 Å². The second kappa shape index (κ2) is 16.3. The van der Waals surface area contributed by atoms with Gasteiger partial charge >= 0.3 is 0 Å². The highest BCUT2D eigenvalue weighted by Crippen LogP contribution is 2.54. The third kappa shape index (κ3) is 6.63. The van der Waals surface area contributed by atoms with Gasteiger partial charge in [-0.05, 0) is 127 Å². The van der Waals surface area contributed by atoms with E-state index in [-0.39, 0.29) is 5.41 Å². The van der Waals surface area contributed by atoms with E-state index in [0.29, 0.717) is 0 Å². The molecule has 1 aliphatic rings. The molecule has 2 heteroatoms. The van der Waals surface area contributed by atoms with Crippen LogP contribution in [0.2, 0.25) is 0 Å². The molecule has 69 heavy (non-hydrogen) atoms. The van der Waals surface area contributed by atoms with Gasteiger partial charge in [-0.15, -0.1) is 0 Å². The van der Waals surface area contributed by atoms with Crippen LogP contribution < -0.4 is 4.90 Å². The highest BCUT2D eigenvalue weighted by Gasteiger charge is 2.37. The first kappa shape index (κ1) is 40.5. The van der Waals surface area contributed by atoms with Crippen LogP contribution in [0.3, 0.4) is 0 Å². The molecule has 0 unspecified atom stereocenters. The van der Waals surface area contributed by atoms with Crippen molar-refractivity contribution >= 4 is 49.6 Å². The first-order valence-electron chi connectivity index (χ1n) is 24.0. The maximum absolute atomic E-state index is 2.46. The Hall–Kier alpha value is -8.72. The fourth-order valence-electron chi connectivity index (χ4n) is 11.4. The standard InChI is InChI=1S/C67H48N2/c1-67(2)60-33-12-9-29-59(60)66-58(32-18-34-61(66)67)56-28-11-13-35-62(56)68(51-40-37-46(38-41-51)54-31-17-22-47-21-16-30-53(65(47)54)45-19-5-3-6-20-45)52-26-15-23-48(43-52)49-39-42-57-55-27-10-14-36-63(55)69(64(57)44-49)50-24-7-4-8-25-50/h3-44H,1-2H3. The minimum atomic E-state index is -0.115. The molecule has 326 valence electrons. The molecule has 1 heterocycles. The van der Waals surface area contributed by atoms with Crippen molar-refractivity contribution in [1.82, 2.24) is 4.57 Å². The number of fused-ring (bicyclic) bond motifs is 7. The van der Waals surface area contributed by atoms with E-state index in [1.807, 2.05) is 0 Å². The Morgan fingerprint density at radius 2 is 0.899 bits per heavy atom. The average Bonchev–Trinajstić information content (AvgIpc) is 3.87. The van der Waals surface area contributed by atoms with Crippen LogP contribution in [0.15, 0.2) is 255 Å². The molecule has 0 aliphatic heterocycles. The number of anilines is 3. The summed E-state index contributed by atoms with van der Waals surface area (Å²) in [7, 11) is 0. The van der Waals surface area contributed by atoms with E-state index in [9.17, 15) is 0 Å². The molecule has 0 bridgehead atoms. The van der Waals surface area contributed by atoms with Gasteiger partial charge in [-0.1, -0.05) is 214 Å². The first-order valence-corrected chi connectivity index (χ1v) is 24.0. The Balaban J connectivity index is 0.996. The van der Waals surface area contributed by atoms with Crippen molar-refractivity contribution in [2.75, 3.05) is 4.90 Å². The molecule has 0 saturated carbocycles. The molecule has 0 saturated heterocycles. The zero-order valence-corrected chi connectivity index (χ0v) is 38.6. The number of para-hydroxylation sites is 3. The van der Waals surface area contributed by atoms with E-state index in [1.165, 1.54) is 88.2 Å². The van der Waals surface area contributed by atoms with Gasteiger partial charge in [0.2, 0.25) is 0 Å². The van der Waals surface area contributed by atoms with Crippen molar-refractivity contribution in [1.29, 1.82) is 0 Å². The van der Waals surface area contributed by atoms with Crippen LogP contribution in [0, 0.1) is 0 Å². The van der Waals surface area contributed by atoms with Crippen LogP contribution in [0.5, 0.6) is 0 Å². The molecule has 0 atom stereocenters. The molecular formula is C67H48N2. The van der Waals surface area contributed by atoms with Crippen molar-refractivity contribution in [3.63, 3.8) is 0 Å². The van der Waals surface area contributed by atoms with Crippen molar-refractivity contribution < 1.29 is 0 Å². The van der Waals surface area contributed by atoms with E-state index in [2.05, 4.69) is 278 Å². The lowest BCUT2D eigenvalue weighted by Crippen LogP contribution is -2.14. The fraction of sp³-hybridized carbons (Fsp3) is 0.0448. The summed E-state index contributed by atoms with van der Waals surface area (Å²) in [6, 6.07) is 93.7. The van der Waals surface area contributed by atoms with Crippen molar-refractivity contribution in [3.05, 3.63) is 266 Å². The lowest BCUT2D eigenvalue weighted by Gasteiger charge is -2.29. The molecule has 11 aromatic carbocycles. The van der Waals surface area contributed by atoms with E-state index >= 15 is 0 Å². The summed E-state index contributed by atoms with van der Waals surface area (Å²) in [5.41, 5.74) is 21.7. The SMILES string of the molecule is CC1(C)c2ccccc2-c2c(-c3ccccc3N(c3ccc(-c4cccc5cccc(-c6ccccc6)c45)cc3)c3cccc(-c4ccc5c6ccccc6n(-c6ccccc6)c5c4)c3)cccc21. The molecule has 2 nitrogen and oxygen atoms in total. The molecular weight excluding hydrogens is 833 g/mol. The third-order valence-electron chi connectivity index (χ3n) is 14.6. The molecule has 12 aromatic rings. The number of hydrogen-bond acceptors (Lipinski definition) is 1. The van der Waals surface area contributed by atoms with Gasteiger partial charge in [-0.3, -0.25) is 0 Å². The molecule has 13 rings (SSSR count). The second-order valence-electron chi connectivity index (χ2n) is 18.8. The predicted molar refractivity (Wildman–Crippen MR) is 292 cm³/mol. The number of benzene rings is 11. The lowest BCUT2D eigenvalue weighted by atomic mass is 9.82. The summed E-state index contributed by atoms with van der Waals surface area (Å²) in [5, 5.41) is 4.99. The summed E-state index contributed by atoms with van der Waals surface area (Å²) >= 11 is 0. The highest BCUT2D eigenvalue weighted by atomic mass is 15.1. The van der Waals surface area contributed by atoms with Crippen LogP contribution in [0.4, 0.5) is 17.1 Å².